The molecule has 10 heteroatoms. The normalized spacial score (nSPS) is 23.1. The molecule has 0 aromatic carbocycles. The van der Waals surface area contributed by atoms with Gasteiger partial charge in [0.25, 0.3) is 0 Å². The molecule has 1 aromatic rings. The standard InChI is InChI=1S/C17H24N4O4S.ClH/c22-16-21(10-11-25-16)15-3-2-14(12-19-15)26(23,24)20-9-1-4-17(13-20)5-7-18-8-6-17;/h2-3,12,18H,1,4-11,13H2;1H. The van der Waals surface area contributed by atoms with Crippen molar-refractivity contribution in [2.75, 3.05) is 44.2 Å². The summed E-state index contributed by atoms with van der Waals surface area (Å²) in [4.78, 5) is 17.4. The molecular formula is C17H25ClN4O4S. The van der Waals surface area contributed by atoms with Crippen LogP contribution in [0.1, 0.15) is 25.7 Å². The van der Waals surface area contributed by atoms with Gasteiger partial charge in [-0.2, -0.15) is 4.31 Å². The number of nitrogens with one attached hydrogen (secondary N) is 1. The van der Waals surface area contributed by atoms with Gasteiger partial charge in [0.15, 0.2) is 0 Å². The Hall–Kier alpha value is -1.42. The van der Waals surface area contributed by atoms with Crippen LogP contribution in [0.4, 0.5) is 10.6 Å². The number of hydrogen-bond donors (Lipinski definition) is 1. The van der Waals surface area contributed by atoms with Gasteiger partial charge in [0.1, 0.15) is 17.3 Å². The highest BCUT2D eigenvalue weighted by molar-refractivity contribution is 7.89. The number of amides is 1. The number of carbonyl (C=O) groups is 1. The Balaban J connectivity index is 0.00000210. The van der Waals surface area contributed by atoms with Crippen molar-refractivity contribution >= 4 is 34.3 Å². The van der Waals surface area contributed by atoms with Gasteiger partial charge in [0, 0.05) is 19.3 Å². The third kappa shape index (κ3) is 3.91. The lowest BCUT2D eigenvalue weighted by atomic mass is 9.73. The molecule has 0 bridgehead atoms. The van der Waals surface area contributed by atoms with Gasteiger partial charge in [0.05, 0.1) is 6.54 Å². The topological polar surface area (TPSA) is 91.8 Å². The van der Waals surface area contributed by atoms with Crippen molar-refractivity contribution in [1.82, 2.24) is 14.6 Å². The van der Waals surface area contributed by atoms with Gasteiger partial charge in [-0.25, -0.2) is 18.2 Å². The molecule has 1 amide bonds. The first-order valence-corrected chi connectivity index (χ1v) is 10.6. The number of sulfonamides is 1. The van der Waals surface area contributed by atoms with E-state index in [1.807, 2.05) is 0 Å². The summed E-state index contributed by atoms with van der Waals surface area (Å²) in [5.41, 5.74) is 0.100. The summed E-state index contributed by atoms with van der Waals surface area (Å²) >= 11 is 0. The third-order valence-electron chi connectivity index (χ3n) is 5.69. The Bertz CT molecular complexity index is 775. The smallest absolute Gasteiger partial charge is 0.415 e. The molecule has 0 unspecified atom stereocenters. The summed E-state index contributed by atoms with van der Waals surface area (Å²) in [6, 6.07) is 3.11. The largest absolute Gasteiger partial charge is 0.447 e. The van der Waals surface area contributed by atoms with Crippen molar-refractivity contribution in [1.29, 1.82) is 0 Å². The van der Waals surface area contributed by atoms with E-state index in [0.717, 1.165) is 38.8 Å². The van der Waals surface area contributed by atoms with E-state index in [9.17, 15) is 13.2 Å². The van der Waals surface area contributed by atoms with Crippen molar-refractivity contribution in [2.45, 2.75) is 30.6 Å². The SMILES string of the molecule is Cl.O=C1OCCN1c1ccc(S(=O)(=O)N2CCCC3(CCNCC3)C2)cn1. The van der Waals surface area contributed by atoms with Crippen LogP contribution in [0.25, 0.3) is 0 Å². The molecule has 3 aliphatic rings. The molecule has 1 spiro atoms. The first-order valence-electron chi connectivity index (χ1n) is 9.12. The fourth-order valence-corrected chi connectivity index (χ4v) is 5.71. The fourth-order valence-electron chi connectivity index (χ4n) is 4.17. The zero-order chi connectivity index (χ0) is 18.2. The van der Waals surface area contributed by atoms with Gasteiger partial charge < -0.3 is 10.1 Å². The molecule has 27 heavy (non-hydrogen) atoms. The van der Waals surface area contributed by atoms with E-state index in [4.69, 9.17) is 4.74 Å². The van der Waals surface area contributed by atoms with Crippen LogP contribution >= 0.6 is 12.4 Å². The van der Waals surface area contributed by atoms with Gasteiger partial charge in [0.2, 0.25) is 10.0 Å². The summed E-state index contributed by atoms with van der Waals surface area (Å²) < 4.78 is 32.7. The molecular weight excluding hydrogens is 392 g/mol. The second kappa shape index (κ2) is 7.90. The van der Waals surface area contributed by atoms with Crippen LogP contribution in [0.15, 0.2) is 23.2 Å². The molecule has 4 rings (SSSR count). The molecule has 3 aliphatic heterocycles. The zero-order valence-corrected chi connectivity index (χ0v) is 16.7. The summed E-state index contributed by atoms with van der Waals surface area (Å²) in [6.45, 7) is 3.80. The average Bonchev–Trinajstić information content (AvgIpc) is 3.08. The van der Waals surface area contributed by atoms with E-state index in [0.29, 0.717) is 32.1 Å². The monoisotopic (exact) mass is 416 g/mol. The quantitative estimate of drug-likeness (QED) is 0.804. The molecule has 0 saturated carbocycles. The van der Waals surface area contributed by atoms with E-state index in [1.54, 1.807) is 10.4 Å². The number of ether oxygens (including phenoxy) is 1. The van der Waals surface area contributed by atoms with Gasteiger partial charge >= 0.3 is 6.09 Å². The number of pyridine rings is 1. The van der Waals surface area contributed by atoms with Crippen LogP contribution in [-0.2, 0) is 14.8 Å². The van der Waals surface area contributed by atoms with Crippen LogP contribution in [0.5, 0.6) is 0 Å². The highest BCUT2D eigenvalue weighted by Gasteiger charge is 2.40. The number of anilines is 1. The summed E-state index contributed by atoms with van der Waals surface area (Å²) in [7, 11) is -3.58. The highest BCUT2D eigenvalue weighted by Crippen LogP contribution is 2.39. The molecule has 1 aromatic heterocycles. The molecule has 150 valence electrons. The Morgan fingerprint density at radius 2 is 1.93 bits per heavy atom. The summed E-state index contributed by atoms with van der Waals surface area (Å²) in [5, 5.41) is 3.36. The first kappa shape index (κ1) is 20.3. The molecule has 3 saturated heterocycles. The molecule has 8 nitrogen and oxygen atoms in total. The van der Waals surface area contributed by atoms with Gasteiger partial charge in [-0.05, 0) is 56.3 Å². The lowest BCUT2D eigenvalue weighted by Crippen LogP contribution is -2.50. The third-order valence-corrected chi connectivity index (χ3v) is 7.52. The van der Waals surface area contributed by atoms with Gasteiger partial charge in [-0.1, -0.05) is 0 Å². The van der Waals surface area contributed by atoms with E-state index in [-0.39, 0.29) is 22.7 Å². The number of aromatic nitrogens is 1. The molecule has 1 N–H and O–H groups in total. The number of hydrogen-bond acceptors (Lipinski definition) is 6. The van der Waals surface area contributed by atoms with E-state index in [1.165, 1.54) is 17.2 Å². The Labute approximate surface area is 165 Å². The number of halogens is 1. The van der Waals surface area contributed by atoms with Crippen LogP contribution < -0.4 is 10.2 Å². The van der Waals surface area contributed by atoms with Gasteiger partial charge in [-0.3, -0.25) is 4.90 Å². The maximum atomic E-state index is 13.1. The number of cyclic esters (lactones) is 1. The average molecular weight is 417 g/mol. The molecule has 0 aliphatic carbocycles. The zero-order valence-electron chi connectivity index (χ0n) is 15.1. The van der Waals surface area contributed by atoms with E-state index < -0.39 is 16.1 Å². The fraction of sp³-hybridized carbons (Fsp3) is 0.647. The predicted molar refractivity (Wildman–Crippen MR) is 103 cm³/mol. The Morgan fingerprint density at radius 1 is 1.15 bits per heavy atom. The Kier molecular flexibility index (Phi) is 5.95. The van der Waals surface area contributed by atoms with E-state index >= 15 is 0 Å². The van der Waals surface area contributed by atoms with Crippen LogP contribution in [0.2, 0.25) is 0 Å². The Morgan fingerprint density at radius 3 is 2.56 bits per heavy atom. The predicted octanol–water partition coefficient (Wildman–Crippen LogP) is 1.61. The number of piperidine rings is 2. The first-order chi connectivity index (χ1) is 12.5. The van der Waals surface area contributed by atoms with Crippen molar-refractivity contribution in [2.24, 2.45) is 5.41 Å². The number of rotatable bonds is 3. The van der Waals surface area contributed by atoms with Crippen molar-refractivity contribution in [3.63, 3.8) is 0 Å². The number of carbonyl (C=O) groups excluding carboxylic acids is 1. The molecule has 0 radical (unpaired) electrons. The lowest BCUT2D eigenvalue weighted by molar-refractivity contribution is 0.104. The van der Waals surface area contributed by atoms with Crippen LogP contribution in [-0.4, -0.2) is 63.1 Å². The maximum Gasteiger partial charge on any atom is 0.415 e. The minimum absolute atomic E-state index is 0. The van der Waals surface area contributed by atoms with Gasteiger partial charge in [-0.15, -0.1) is 12.4 Å². The van der Waals surface area contributed by atoms with Crippen LogP contribution in [0.3, 0.4) is 0 Å². The van der Waals surface area contributed by atoms with Crippen LogP contribution in [0, 0.1) is 5.41 Å². The highest BCUT2D eigenvalue weighted by atomic mass is 35.5. The molecule has 0 atom stereocenters. The second-order valence-corrected chi connectivity index (χ2v) is 9.25. The van der Waals surface area contributed by atoms with Crippen molar-refractivity contribution < 1.29 is 17.9 Å². The minimum Gasteiger partial charge on any atom is -0.447 e. The van der Waals surface area contributed by atoms with E-state index in [2.05, 4.69) is 10.3 Å². The summed E-state index contributed by atoms with van der Waals surface area (Å²) in [5.74, 6) is 0.417. The summed E-state index contributed by atoms with van der Waals surface area (Å²) in [6.07, 6.45) is 4.93. The lowest BCUT2D eigenvalue weighted by Gasteiger charge is -2.44. The minimum atomic E-state index is -3.58. The number of nitrogens with zero attached hydrogens (tertiary/aromatic N) is 3. The molecule has 3 fully saturated rings. The maximum absolute atomic E-state index is 13.1. The molecule has 4 heterocycles. The second-order valence-electron chi connectivity index (χ2n) is 7.31. The van der Waals surface area contributed by atoms with Crippen molar-refractivity contribution in [3.8, 4) is 0 Å². The van der Waals surface area contributed by atoms with Crippen molar-refractivity contribution in [3.05, 3.63) is 18.3 Å².